The number of amides is 3. The van der Waals surface area contributed by atoms with Crippen LogP contribution in [0.3, 0.4) is 0 Å². The van der Waals surface area contributed by atoms with Crippen LogP contribution in [0.25, 0.3) is 17.2 Å². The molecule has 1 aliphatic heterocycles. The first-order chi connectivity index (χ1) is 22.2. The van der Waals surface area contributed by atoms with Crippen molar-refractivity contribution in [2.75, 3.05) is 23.8 Å². The molecule has 1 saturated carbocycles. The number of ether oxygens (including phenoxy) is 2. The van der Waals surface area contributed by atoms with Gasteiger partial charge < -0.3 is 29.4 Å². The van der Waals surface area contributed by atoms with Crippen LogP contribution in [0.2, 0.25) is 5.02 Å². The van der Waals surface area contributed by atoms with E-state index in [2.05, 4.69) is 25.6 Å². The zero-order valence-corrected chi connectivity index (χ0v) is 25.8. The Labute approximate surface area is 269 Å². The number of carboxylic acids is 1. The number of fused-ring (bicyclic) bond motifs is 2. The average Bonchev–Trinajstić information content (AvgIpc) is 3.75. The molecule has 2 aliphatic rings. The molecule has 0 spiro atoms. The van der Waals surface area contributed by atoms with Crippen molar-refractivity contribution in [3.05, 3.63) is 83.4 Å². The van der Waals surface area contributed by atoms with Crippen molar-refractivity contribution >= 4 is 58.3 Å². The number of aromatic carboxylic acids is 1. The van der Waals surface area contributed by atoms with E-state index in [4.69, 9.17) is 21.1 Å². The van der Waals surface area contributed by atoms with Crippen molar-refractivity contribution in [2.24, 2.45) is 5.92 Å². The number of imidazole rings is 1. The average molecular weight is 646 g/mol. The summed E-state index contributed by atoms with van der Waals surface area (Å²) in [4.78, 5) is 52.3. The number of urea groups is 1. The number of carbonyl (C=O) groups is 3. The lowest BCUT2D eigenvalue weighted by Gasteiger charge is -2.24. The maximum atomic E-state index is 13.7. The molecule has 3 N–H and O–H groups in total. The molecule has 3 heterocycles. The SMILES string of the molecule is CCNC(=O)Nc1ncnc2c1ncn2C1CC(CC(=O)N(C)c2c(Cl)cccc2C(=O)O)C2O[C@H](C=Cc3ccccc3)OC21. The normalized spacial score (nSPS) is 22.2. The molecule has 14 heteroatoms. The molecule has 3 amide bonds. The Morgan fingerprint density at radius 1 is 1.09 bits per heavy atom. The molecular formula is C32H32ClN7O6. The second-order valence-corrected chi connectivity index (χ2v) is 11.4. The van der Waals surface area contributed by atoms with Crippen molar-refractivity contribution in [3.63, 3.8) is 0 Å². The summed E-state index contributed by atoms with van der Waals surface area (Å²) in [5, 5.41) is 15.3. The van der Waals surface area contributed by atoms with Gasteiger partial charge in [0, 0.05) is 20.0 Å². The topological polar surface area (TPSA) is 161 Å². The molecule has 46 heavy (non-hydrogen) atoms. The fourth-order valence-electron chi connectivity index (χ4n) is 6.09. The molecule has 5 atom stereocenters. The number of anilines is 2. The van der Waals surface area contributed by atoms with E-state index in [0.29, 0.717) is 24.1 Å². The summed E-state index contributed by atoms with van der Waals surface area (Å²) in [7, 11) is 1.51. The molecule has 6 rings (SSSR count). The Morgan fingerprint density at radius 3 is 2.63 bits per heavy atom. The third-order valence-electron chi connectivity index (χ3n) is 8.19. The second-order valence-electron chi connectivity index (χ2n) is 11.0. The zero-order valence-electron chi connectivity index (χ0n) is 25.0. The van der Waals surface area contributed by atoms with Gasteiger partial charge in [0.1, 0.15) is 12.4 Å². The van der Waals surface area contributed by atoms with Crippen LogP contribution in [-0.2, 0) is 14.3 Å². The van der Waals surface area contributed by atoms with E-state index in [-0.39, 0.29) is 46.4 Å². The highest BCUT2D eigenvalue weighted by Crippen LogP contribution is 2.47. The van der Waals surface area contributed by atoms with E-state index in [9.17, 15) is 19.5 Å². The van der Waals surface area contributed by atoms with Crippen molar-refractivity contribution in [3.8, 4) is 0 Å². The third kappa shape index (κ3) is 6.16. The van der Waals surface area contributed by atoms with Crippen LogP contribution in [0.15, 0.2) is 67.3 Å². The van der Waals surface area contributed by atoms with E-state index in [1.807, 2.05) is 54.0 Å². The van der Waals surface area contributed by atoms with Gasteiger partial charge in [-0.1, -0.05) is 54.1 Å². The molecular weight excluding hydrogens is 614 g/mol. The first kappa shape index (κ1) is 31.1. The number of carboxylic acid groups (broad SMARTS) is 1. The van der Waals surface area contributed by atoms with Crippen LogP contribution in [-0.4, -0.2) is 74.6 Å². The molecule has 2 fully saturated rings. The summed E-state index contributed by atoms with van der Waals surface area (Å²) in [6.45, 7) is 2.26. The van der Waals surface area contributed by atoms with E-state index in [1.165, 1.54) is 30.4 Å². The predicted octanol–water partition coefficient (Wildman–Crippen LogP) is 4.76. The van der Waals surface area contributed by atoms with Gasteiger partial charge in [0.15, 0.2) is 23.3 Å². The molecule has 0 bridgehead atoms. The Kier molecular flexibility index (Phi) is 8.97. The second kappa shape index (κ2) is 13.3. The molecule has 4 aromatic rings. The van der Waals surface area contributed by atoms with Crippen LogP contribution < -0.4 is 15.5 Å². The summed E-state index contributed by atoms with van der Waals surface area (Å²) in [5.74, 6) is -1.55. The number of hydrogen-bond acceptors (Lipinski definition) is 8. The van der Waals surface area contributed by atoms with Crippen LogP contribution in [0.4, 0.5) is 16.3 Å². The minimum atomic E-state index is -1.19. The largest absolute Gasteiger partial charge is 0.478 e. The summed E-state index contributed by atoms with van der Waals surface area (Å²) in [6, 6.07) is 13.5. The summed E-state index contributed by atoms with van der Waals surface area (Å²) >= 11 is 6.37. The Hall–Kier alpha value is -4.85. The predicted molar refractivity (Wildman–Crippen MR) is 171 cm³/mol. The minimum Gasteiger partial charge on any atom is -0.478 e. The van der Waals surface area contributed by atoms with Gasteiger partial charge in [-0.25, -0.2) is 24.5 Å². The number of halogens is 1. The fourth-order valence-corrected chi connectivity index (χ4v) is 6.39. The van der Waals surface area contributed by atoms with Crippen LogP contribution >= 0.6 is 11.6 Å². The van der Waals surface area contributed by atoms with Gasteiger partial charge in [-0.15, -0.1) is 0 Å². The zero-order chi connectivity index (χ0) is 32.4. The van der Waals surface area contributed by atoms with E-state index >= 15 is 0 Å². The maximum absolute atomic E-state index is 13.7. The standard InChI is InChI=1S/C32H32ClN7O6/c1-3-34-32(44)38-29-25-30(36-16-35-29)40(17-37-25)22-14-19(15-23(41)39(2)26-20(31(42)43)10-7-11-21(26)33)27-28(22)46-24(45-27)13-12-18-8-5-4-6-9-18/h4-13,16-17,19,22,24,27-28H,3,14-15H2,1-2H3,(H,42,43)(H2,34,35,36,38,44)/t19?,22?,24-,27?,28?/m0/s1. The van der Waals surface area contributed by atoms with Gasteiger partial charge in [-0.3, -0.25) is 10.1 Å². The summed E-state index contributed by atoms with van der Waals surface area (Å²) in [6.07, 6.45) is 5.65. The van der Waals surface area contributed by atoms with Gasteiger partial charge in [-0.05, 0) is 43.0 Å². The summed E-state index contributed by atoms with van der Waals surface area (Å²) in [5.41, 5.74) is 1.94. The first-order valence-electron chi connectivity index (χ1n) is 14.8. The van der Waals surface area contributed by atoms with Gasteiger partial charge in [-0.2, -0.15) is 0 Å². The Morgan fingerprint density at radius 2 is 1.87 bits per heavy atom. The highest BCUT2D eigenvalue weighted by Gasteiger charge is 2.52. The fraction of sp³-hybridized carbons (Fsp3) is 0.312. The smallest absolute Gasteiger partial charge is 0.337 e. The van der Waals surface area contributed by atoms with Crippen molar-refractivity contribution in [1.82, 2.24) is 24.8 Å². The monoisotopic (exact) mass is 645 g/mol. The highest BCUT2D eigenvalue weighted by molar-refractivity contribution is 6.34. The molecule has 1 saturated heterocycles. The highest BCUT2D eigenvalue weighted by atomic mass is 35.5. The number of hydrogen-bond donors (Lipinski definition) is 3. The Balaban J connectivity index is 1.29. The molecule has 1 aliphatic carbocycles. The van der Waals surface area contributed by atoms with Gasteiger partial charge >= 0.3 is 12.0 Å². The molecule has 2 aromatic carbocycles. The van der Waals surface area contributed by atoms with Crippen LogP contribution in [0.1, 0.15) is 41.7 Å². The first-order valence-corrected chi connectivity index (χ1v) is 15.2. The number of nitrogens with zero attached hydrogens (tertiary/aromatic N) is 5. The summed E-state index contributed by atoms with van der Waals surface area (Å²) < 4.78 is 14.7. The van der Waals surface area contributed by atoms with Gasteiger partial charge in [0.2, 0.25) is 5.91 Å². The third-order valence-corrected chi connectivity index (χ3v) is 8.49. The lowest BCUT2D eigenvalue weighted by Crippen LogP contribution is -2.33. The van der Waals surface area contributed by atoms with Gasteiger partial charge in [0.05, 0.1) is 34.7 Å². The van der Waals surface area contributed by atoms with Crippen molar-refractivity contribution in [1.29, 1.82) is 0 Å². The van der Waals surface area contributed by atoms with E-state index < -0.39 is 30.5 Å². The molecule has 238 valence electrons. The van der Waals surface area contributed by atoms with E-state index in [0.717, 1.165) is 5.56 Å². The number of aromatic nitrogens is 4. The molecule has 2 aromatic heterocycles. The quantitative estimate of drug-likeness (QED) is 0.233. The van der Waals surface area contributed by atoms with E-state index in [1.54, 1.807) is 12.4 Å². The number of nitrogens with one attached hydrogen (secondary N) is 2. The molecule has 0 radical (unpaired) electrons. The van der Waals surface area contributed by atoms with Crippen molar-refractivity contribution in [2.45, 2.75) is 44.3 Å². The number of para-hydroxylation sites is 1. The van der Waals surface area contributed by atoms with Crippen LogP contribution in [0, 0.1) is 5.92 Å². The number of rotatable bonds is 9. The molecule has 4 unspecified atom stereocenters. The molecule has 13 nitrogen and oxygen atoms in total. The van der Waals surface area contributed by atoms with Crippen LogP contribution in [0.5, 0.6) is 0 Å². The van der Waals surface area contributed by atoms with Gasteiger partial charge in [0.25, 0.3) is 0 Å². The Bertz CT molecular complexity index is 1800. The minimum absolute atomic E-state index is 0.0442. The lowest BCUT2D eigenvalue weighted by atomic mass is 10.00. The number of benzene rings is 2. The van der Waals surface area contributed by atoms with Crippen molar-refractivity contribution < 1.29 is 29.0 Å². The maximum Gasteiger partial charge on any atom is 0.337 e. The lowest BCUT2D eigenvalue weighted by molar-refractivity contribution is -0.120. The number of carbonyl (C=O) groups excluding carboxylic acids is 2.